The van der Waals surface area contributed by atoms with E-state index in [2.05, 4.69) is 6.92 Å². The normalized spacial score (nSPS) is 13.4. The minimum Gasteiger partial charge on any atom is -0.371 e. The Morgan fingerprint density at radius 2 is 1.92 bits per heavy atom. The predicted molar refractivity (Wildman–Crippen MR) is 50.2 cm³/mol. The molecule has 0 rings (SSSR count). The molecule has 0 aliphatic carbocycles. The first-order valence-corrected chi connectivity index (χ1v) is 4.78. The Hall–Kier alpha value is -0.370. The molecule has 72 valence electrons. The van der Waals surface area contributed by atoms with E-state index in [1.807, 2.05) is 20.8 Å². The molecule has 0 saturated carbocycles. The highest BCUT2D eigenvalue weighted by molar-refractivity contribution is 5.84. The Labute approximate surface area is 75.3 Å². The molecule has 0 amide bonds. The predicted octanol–water partition coefficient (Wildman–Crippen LogP) is 2.42. The number of hydrogen-bond donors (Lipinski definition) is 0. The Balaban J connectivity index is 3.99. The number of carbonyl (C=O) groups is 1. The van der Waals surface area contributed by atoms with Gasteiger partial charge in [-0.05, 0) is 13.3 Å². The van der Waals surface area contributed by atoms with Crippen molar-refractivity contribution in [3.8, 4) is 0 Å². The van der Waals surface area contributed by atoms with Gasteiger partial charge in [-0.15, -0.1) is 0 Å². The Kier molecular flexibility index (Phi) is 5.99. The molecule has 0 radical (unpaired) electrons. The lowest BCUT2D eigenvalue weighted by Gasteiger charge is -2.16. The zero-order valence-electron chi connectivity index (χ0n) is 8.59. The summed E-state index contributed by atoms with van der Waals surface area (Å²) in [6.07, 6.45) is 1.69. The molecule has 12 heavy (non-hydrogen) atoms. The third-order valence-electron chi connectivity index (χ3n) is 1.81. The smallest absolute Gasteiger partial charge is 0.164 e. The summed E-state index contributed by atoms with van der Waals surface area (Å²) in [4.78, 5) is 11.5. The van der Waals surface area contributed by atoms with E-state index >= 15 is 0 Å². The van der Waals surface area contributed by atoms with Crippen molar-refractivity contribution in [3.63, 3.8) is 0 Å². The van der Waals surface area contributed by atoms with Crippen molar-refractivity contribution in [3.05, 3.63) is 0 Å². The van der Waals surface area contributed by atoms with Crippen LogP contribution in [0.1, 0.15) is 40.5 Å². The van der Waals surface area contributed by atoms with Crippen molar-refractivity contribution >= 4 is 5.78 Å². The molecule has 0 bridgehead atoms. The quantitative estimate of drug-likeness (QED) is 0.615. The average Bonchev–Trinajstić information content (AvgIpc) is 2.03. The highest BCUT2D eigenvalue weighted by Gasteiger charge is 2.19. The van der Waals surface area contributed by atoms with Crippen LogP contribution in [0.2, 0.25) is 0 Å². The van der Waals surface area contributed by atoms with Crippen LogP contribution in [0, 0.1) is 5.92 Å². The van der Waals surface area contributed by atoms with Gasteiger partial charge >= 0.3 is 0 Å². The Morgan fingerprint density at radius 3 is 2.25 bits per heavy atom. The number of hydrogen-bond acceptors (Lipinski definition) is 2. The maximum Gasteiger partial charge on any atom is 0.164 e. The van der Waals surface area contributed by atoms with E-state index in [1.165, 1.54) is 0 Å². The van der Waals surface area contributed by atoms with E-state index in [4.69, 9.17) is 4.74 Å². The second-order valence-corrected chi connectivity index (χ2v) is 3.29. The fourth-order valence-corrected chi connectivity index (χ4v) is 1.14. The number of carbonyl (C=O) groups excluding carboxylic acids is 1. The third kappa shape index (κ3) is 3.86. The minimum atomic E-state index is -0.167. The summed E-state index contributed by atoms with van der Waals surface area (Å²) in [5.41, 5.74) is 0. The van der Waals surface area contributed by atoms with Gasteiger partial charge in [-0.3, -0.25) is 4.79 Å². The van der Waals surface area contributed by atoms with Gasteiger partial charge in [-0.25, -0.2) is 0 Å². The van der Waals surface area contributed by atoms with Crippen LogP contribution >= 0.6 is 0 Å². The number of ketones is 1. The molecule has 0 aliphatic heterocycles. The van der Waals surface area contributed by atoms with Crippen LogP contribution in [-0.2, 0) is 9.53 Å². The van der Waals surface area contributed by atoms with Gasteiger partial charge in [-0.1, -0.05) is 27.2 Å². The largest absolute Gasteiger partial charge is 0.371 e. The summed E-state index contributed by atoms with van der Waals surface area (Å²) in [5, 5.41) is 0. The summed E-state index contributed by atoms with van der Waals surface area (Å²) in [5.74, 6) is 0.326. The van der Waals surface area contributed by atoms with E-state index in [9.17, 15) is 4.79 Å². The summed E-state index contributed by atoms with van der Waals surface area (Å²) < 4.78 is 5.36. The van der Waals surface area contributed by atoms with Crippen molar-refractivity contribution in [2.75, 3.05) is 6.61 Å². The summed E-state index contributed by atoms with van der Waals surface area (Å²) in [7, 11) is 0. The maximum atomic E-state index is 11.5. The van der Waals surface area contributed by atoms with Gasteiger partial charge in [0, 0.05) is 12.5 Å². The van der Waals surface area contributed by atoms with Gasteiger partial charge in [0.1, 0.15) is 6.10 Å². The van der Waals surface area contributed by atoms with Gasteiger partial charge in [-0.2, -0.15) is 0 Å². The van der Waals surface area contributed by atoms with E-state index in [-0.39, 0.29) is 17.8 Å². The standard InChI is InChI=1S/C10H20O2/c1-5-7-9(12-6-2)10(11)8(3)4/h8-9H,5-7H2,1-4H3/t9-/m1/s1. The molecule has 0 spiro atoms. The molecule has 0 fully saturated rings. The van der Waals surface area contributed by atoms with Crippen LogP contribution in [0.3, 0.4) is 0 Å². The molecule has 2 heteroatoms. The molecular weight excluding hydrogens is 152 g/mol. The van der Waals surface area contributed by atoms with Gasteiger partial charge < -0.3 is 4.74 Å². The zero-order chi connectivity index (χ0) is 9.56. The highest BCUT2D eigenvalue weighted by atomic mass is 16.5. The molecule has 0 unspecified atom stereocenters. The van der Waals surface area contributed by atoms with Crippen LogP contribution in [0.15, 0.2) is 0 Å². The van der Waals surface area contributed by atoms with Crippen LogP contribution < -0.4 is 0 Å². The summed E-state index contributed by atoms with van der Waals surface area (Å²) >= 11 is 0. The van der Waals surface area contributed by atoms with Crippen LogP contribution in [0.4, 0.5) is 0 Å². The lowest BCUT2D eigenvalue weighted by atomic mass is 10.0. The van der Waals surface area contributed by atoms with Crippen molar-refractivity contribution in [2.24, 2.45) is 5.92 Å². The summed E-state index contributed by atoms with van der Waals surface area (Å²) in [6, 6.07) is 0. The first-order chi connectivity index (χ1) is 5.63. The maximum absolute atomic E-state index is 11.5. The van der Waals surface area contributed by atoms with Gasteiger partial charge in [0.15, 0.2) is 5.78 Å². The highest BCUT2D eigenvalue weighted by Crippen LogP contribution is 2.09. The van der Waals surface area contributed by atoms with E-state index < -0.39 is 0 Å². The van der Waals surface area contributed by atoms with E-state index in [0.29, 0.717) is 6.61 Å². The van der Waals surface area contributed by atoms with Crippen molar-refractivity contribution in [1.29, 1.82) is 0 Å². The zero-order valence-corrected chi connectivity index (χ0v) is 8.59. The molecule has 0 aromatic heterocycles. The van der Waals surface area contributed by atoms with E-state index in [0.717, 1.165) is 12.8 Å². The fraction of sp³-hybridized carbons (Fsp3) is 0.900. The average molecular weight is 172 g/mol. The van der Waals surface area contributed by atoms with Crippen LogP contribution in [0.25, 0.3) is 0 Å². The van der Waals surface area contributed by atoms with Gasteiger partial charge in [0.25, 0.3) is 0 Å². The van der Waals surface area contributed by atoms with Crippen LogP contribution in [0.5, 0.6) is 0 Å². The summed E-state index contributed by atoms with van der Waals surface area (Å²) in [6.45, 7) is 8.47. The fourth-order valence-electron chi connectivity index (χ4n) is 1.14. The Morgan fingerprint density at radius 1 is 1.33 bits per heavy atom. The molecule has 0 aromatic carbocycles. The van der Waals surface area contributed by atoms with Crippen molar-refractivity contribution in [1.82, 2.24) is 0 Å². The third-order valence-corrected chi connectivity index (χ3v) is 1.81. The molecular formula is C10H20O2. The lowest BCUT2D eigenvalue weighted by Crippen LogP contribution is -2.28. The molecule has 0 aliphatic rings. The SMILES string of the molecule is CCC[C@@H](OCC)C(=O)C(C)C. The second-order valence-electron chi connectivity index (χ2n) is 3.29. The van der Waals surface area contributed by atoms with Crippen LogP contribution in [-0.4, -0.2) is 18.5 Å². The molecule has 0 N–H and O–H groups in total. The minimum absolute atomic E-state index is 0.0908. The molecule has 0 saturated heterocycles. The van der Waals surface area contributed by atoms with E-state index in [1.54, 1.807) is 0 Å². The molecule has 0 aromatic rings. The molecule has 0 heterocycles. The number of ether oxygens (including phenoxy) is 1. The molecule has 2 nitrogen and oxygen atoms in total. The van der Waals surface area contributed by atoms with Gasteiger partial charge in [0.05, 0.1) is 0 Å². The van der Waals surface area contributed by atoms with Gasteiger partial charge in [0.2, 0.25) is 0 Å². The van der Waals surface area contributed by atoms with Crippen molar-refractivity contribution < 1.29 is 9.53 Å². The lowest BCUT2D eigenvalue weighted by molar-refractivity contribution is -0.133. The number of Topliss-reactive ketones (excluding diaryl/α,β-unsaturated/α-hetero) is 1. The second kappa shape index (κ2) is 6.18. The monoisotopic (exact) mass is 172 g/mol. The Bertz CT molecular complexity index is 124. The molecule has 1 atom stereocenters. The topological polar surface area (TPSA) is 26.3 Å². The van der Waals surface area contributed by atoms with Crippen molar-refractivity contribution in [2.45, 2.75) is 46.6 Å². The first kappa shape index (κ1) is 11.6. The number of rotatable bonds is 6. The first-order valence-electron chi connectivity index (χ1n) is 4.78.